The van der Waals surface area contributed by atoms with Crippen molar-refractivity contribution in [2.24, 2.45) is 17.8 Å². The SMILES string of the molecule is Cc1ccc(NC(=O)COC(=O)CC2CC3CCC2C3)cc1S(=O)(=O)N(C)C. The number of sulfonamides is 1. The highest BCUT2D eigenvalue weighted by Gasteiger charge is 2.40. The van der Waals surface area contributed by atoms with E-state index in [1.807, 2.05) is 0 Å². The number of amides is 1. The summed E-state index contributed by atoms with van der Waals surface area (Å²) in [5.41, 5.74) is 0.934. The van der Waals surface area contributed by atoms with Gasteiger partial charge in [0.05, 0.1) is 4.90 Å². The van der Waals surface area contributed by atoms with E-state index in [9.17, 15) is 18.0 Å². The summed E-state index contributed by atoms with van der Waals surface area (Å²) in [7, 11) is -0.705. The Morgan fingerprint density at radius 3 is 2.57 bits per heavy atom. The van der Waals surface area contributed by atoms with Crippen molar-refractivity contribution in [1.82, 2.24) is 4.31 Å². The van der Waals surface area contributed by atoms with Crippen LogP contribution in [0.2, 0.25) is 0 Å². The summed E-state index contributed by atoms with van der Waals surface area (Å²) < 4.78 is 31.0. The number of nitrogens with zero attached hydrogens (tertiary/aromatic N) is 1. The molecule has 2 bridgehead atoms. The van der Waals surface area contributed by atoms with Gasteiger partial charge in [-0.2, -0.15) is 0 Å². The molecule has 1 aromatic rings. The largest absolute Gasteiger partial charge is 0.456 e. The Balaban J connectivity index is 1.53. The van der Waals surface area contributed by atoms with Gasteiger partial charge in [0, 0.05) is 26.2 Å². The number of hydrogen-bond donors (Lipinski definition) is 1. The molecular formula is C20H28N2O5S. The highest BCUT2D eigenvalue weighted by atomic mass is 32.2. The predicted molar refractivity (Wildman–Crippen MR) is 105 cm³/mol. The van der Waals surface area contributed by atoms with Crippen LogP contribution in [0, 0.1) is 24.7 Å². The minimum Gasteiger partial charge on any atom is -0.456 e. The number of aryl methyl sites for hydroxylation is 1. The van der Waals surface area contributed by atoms with Crippen LogP contribution in [0.15, 0.2) is 23.1 Å². The van der Waals surface area contributed by atoms with Crippen molar-refractivity contribution < 1.29 is 22.7 Å². The second-order valence-electron chi connectivity index (χ2n) is 8.12. The van der Waals surface area contributed by atoms with Gasteiger partial charge in [0.1, 0.15) is 0 Å². The summed E-state index contributed by atoms with van der Waals surface area (Å²) in [4.78, 5) is 24.3. The van der Waals surface area contributed by atoms with Gasteiger partial charge in [-0.25, -0.2) is 12.7 Å². The normalized spacial score (nSPS) is 23.8. The molecule has 2 aliphatic rings. The van der Waals surface area contributed by atoms with Crippen LogP contribution in [-0.2, 0) is 24.3 Å². The van der Waals surface area contributed by atoms with E-state index in [2.05, 4.69) is 5.32 Å². The molecule has 3 rings (SSSR count). The van der Waals surface area contributed by atoms with Gasteiger partial charge >= 0.3 is 5.97 Å². The number of ether oxygens (including phenoxy) is 1. The molecule has 28 heavy (non-hydrogen) atoms. The number of esters is 1. The third kappa shape index (κ3) is 4.55. The zero-order valence-corrected chi connectivity index (χ0v) is 17.4. The molecule has 0 saturated heterocycles. The van der Waals surface area contributed by atoms with Crippen molar-refractivity contribution in [3.63, 3.8) is 0 Å². The van der Waals surface area contributed by atoms with Crippen LogP contribution >= 0.6 is 0 Å². The molecule has 8 heteroatoms. The molecule has 1 aromatic carbocycles. The van der Waals surface area contributed by atoms with E-state index in [1.54, 1.807) is 19.1 Å². The smallest absolute Gasteiger partial charge is 0.306 e. The van der Waals surface area contributed by atoms with Crippen LogP contribution < -0.4 is 5.32 Å². The number of fused-ring (bicyclic) bond motifs is 2. The molecule has 3 atom stereocenters. The Morgan fingerprint density at radius 2 is 1.96 bits per heavy atom. The van der Waals surface area contributed by atoms with E-state index in [4.69, 9.17) is 4.74 Å². The minimum absolute atomic E-state index is 0.128. The first-order valence-corrected chi connectivity index (χ1v) is 11.1. The molecule has 0 aromatic heterocycles. The van der Waals surface area contributed by atoms with E-state index in [1.165, 1.54) is 39.4 Å². The lowest BCUT2D eigenvalue weighted by molar-refractivity contribution is -0.148. The quantitative estimate of drug-likeness (QED) is 0.700. The average molecular weight is 409 g/mol. The lowest BCUT2D eigenvalue weighted by Gasteiger charge is -2.20. The molecule has 1 N–H and O–H groups in total. The summed E-state index contributed by atoms with van der Waals surface area (Å²) >= 11 is 0. The highest BCUT2D eigenvalue weighted by molar-refractivity contribution is 7.89. The van der Waals surface area contributed by atoms with E-state index >= 15 is 0 Å². The molecule has 0 aliphatic heterocycles. The van der Waals surface area contributed by atoms with Crippen LogP contribution in [-0.4, -0.2) is 45.3 Å². The zero-order valence-electron chi connectivity index (χ0n) is 16.6. The predicted octanol–water partition coefficient (Wildman–Crippen LogP) is 2.55. The maximum atomic E-state index is 12.4. The lowest BCUT2D eigenvalue weighted by Crippen LogP contribution is -2.24. The molecule has 0 spiro atoms. The van der Waals surface area contributed by atoms with Crippen molar-refractivity contribution in [3.8, 4) is 0 Å². The third-order valence-electron chi connectivity index (χ3n) is 5.91. The number of nitrogens with one attached hydrogen (secondary N) is 1. The summed E-state index contributed by atoms with van der Waals surface area (Å²) in [6, 6.07) is 4.67. The van der Waals surface area contributed by atoms with Crippen molar-refractivity contribution in [2.75, 3.05) is 26.0 Å². The monoisotopic (exact) mass is 408 g/mol. The van der Waals surface area contributed by atoms with Crippen LogP contribution in [0.1, 0.15) is 37.7 Å². The van der Waals surface area contributed by atoms with Crippen LogP contribution in [0.25, 0.3) is 0 Å². The van der Waals surface area contributed by atoms with E-state index in [-0.39, 0.29) is 17.5 Å². The number of benzene rings is 1. The van der Waals surface area contributed by atoms with Gasteiger partial charge < -0.3 is 10.1 Å². The lowest BCUT2D eigenvalue weighted by atomic mass is 9.86. The number of anilines is 1. The molecule has 2 fully saturated rings. The first kappa shape index (κ1) is 20.8. The highest BCUT2D eigenvalue weighted by Crippen LogP contribution is 2.49. The first-order chi connectivity index (χ1) is 13.2. The fourth-order valence-electron chi connectivity index (χ4n) is 4.40. The average Bonchev–Trinajstić information content (AvgIpc) is 3.24. The Morgan fingerprint density at radius 1 is 1.21 bits per heavy atom. The number of rotatable bonds is 7. The summed E-state index contributed by atoms with van der Waals surface area (Å²) in [5, 5.41) is 2.60. The summed E-state index contributed by atoms with van der Waals surface area (Å²) in [5.74, 6) is 0.965. The molecule has 7 nitrogen and oxygen atoms in total. The van der Waals surface area contributed by atoms with Crippen LogP contribution in [0.5, 0.6) is 0 Å². The maximum absolute atomic E-state index is 12.4. The summed E-state index contributed by atoms with van der Waals surface area (Å²) in [6.45, 7) is 1.32. The Labute approximate surface area is 166 Å². The molecule has 3 unspecified atom stereocenters. The number of hydrogen-bond acceptors (Lipinski definition) is 5. The summed E-state index contributed by atoms with van der Waals surface area (Å²) in [6.07, 6.45) is 5.18. The molecule has 154 valence electrons. The fourth-order valence-corrected chi connectivity index (χ4v) is 5.54. The van der Waals surface area contributed by atoms with Gasteiger partial charge in [-0.05, 0) is 61.6 Å². The van der Waals surface area contributed by atoms with Crippen molar-refractivity contribution in [3.05, 3.63) is 23.8 Å². The second kappa shape index (κ2) is 8.21. The Hall–Kier alpha value is -1.93. The minimum atomic E-state index is -3.61. The van der Waals surface area contributed by atoms with Gasteiger partial charge in [-0.15, -0.1) is 0 Å². The fraction of sp³-hybridized carbons (Fsp3) is 0.600. The molecule has 2 saturated carbocycles. The number of carbonyl (C=O) groups is 2. The molecule has 1 amide bonds. The first-order valence-electron chi connectivity index (χ1n) is 9.65. The Bertz CT molecular complexity index is 865. The number of carbonyl (C=O) groups excluding carboxylic acids is 2. The van der Waals surface area contributed by atoms with E-state index < -0.39 is 15.9 Å². The van der Waals surface area contributed by atoms with Gasteiger partial charge in [-0.1, -0.05) is 12.5 Å². The van der Waals surface area contributed by atoms with Crippen LogP contribution in [0.4, 0.5) is 5.69 Å². The van der Waals surface area contributed by atoms with Crippen molar-refractivity contribution >= 4 is 27.6 Å². The van der Waals surface area contributed by atoms with Gasteiger partial charge in [0.15, 0.2) is 6.61 Å². The van der Waals surface area contributed by atoms with Crippen molar-refractivity contribution in [2.45, 2.75) is 43.9 Å². The maximum Gasteiger partial charge on any atom is 0.306 e. The molecule has 2 aliphatic carbocycles. The van der Waals surface area contributed by atoms with E-state index in [0.29, 0.717) is 29.5 Å². The van der Waals surface area contributed by atoms with Gasteiger partial charge in [-0.3, -0.25) is 9.59 Å². The van der Waals surface area contributed by atoms with E-state index in [0.717, 1.165) is 16.6 Å². The van der Waals surface area contributed by atoms with Crippen LogP contribution in [0.3, 0.4) is 0 Å². The standard InChI is InChI=1S/C20H28N2O5S/c1-13-4-7-17(11-18(13)28(25,26)22(2)3)21-19(23)12-27-20(24)10-16-9-14-5-6-15(16)8-14/h4,7,11,14-16H,5-6,8-10,12H2,1-3H3,(H,21,23). The molecular weight excluding hydrogens is 380 g/mol. The third-order valence-corrected chi connectivity index (χ3v) is 7.87. The topological polar surface area (TPSA) is 92.8 Å². The zero-order chi connectivity index (χ0) is 20.5. The molecule has 0 radical (unpaired) electrons. The van der Waals surface area contributed by atoms with Gasteiger partial charge in [0.25, 0.3) is 5.91 Å². The second-order valence-corrected chi connectivity index (χ2v) is 10.2. The van der Waals surface area contributed by atoms with Gasteiger partial charge in [0.2, 0.25) is 10.0 Å². The molecule has 0 heterocycles. The van der Waals surface area contributed by atoms with Crippen molar-refractivity contribution in [1.29, 1.82) is 0 Å². The Kier molecular flexibility index (Phi) is 6.09.